The first-order chi connectivity index (χ1) is 14.7. The zero-order valence-corrected chi connectivity index (χ0v) is 18.4. The first-order valence-corrected chi connectivity index (χ1v) is 10.0. The van der Waals surface area contributed by atoms with E-state index in [2.05, 4.69) is 25.7 Å². The molecule has 2 amide bonds. The van der Waals surface area contributed by atoms with Crippen LogP contribution in [0, 0.1) is 6.92 Å². The van der Waals surface area contributed by atoms with Gasteiger partial charge in [0.1, 0.15) is 11.6 Å². The van der Waals surface area contributed by atoms with Crippen LogP contribution in [0.1, 0.15) is 37.7 Å². The van der Waals surface area contributed by atoms with Gasteiger partial charge >= 0.3 is 6.03 Å². The van der Waals surface area contributed by atoms with Crippen LogP contribution >= 0.6 is 0 Å². The number of methoxy groups -OCH3 is 1. The average molecular weight is 425 g/mol. The van der Waals surface area contributed by atoms with Crippen LogP contribution in [-0.4, -0.2) is 39.4 Å². The molecule has 0 radical (unpaired) electrons. The topological polar surface area (TPSA) is 114 Å². The maximum absolute atomic E-state index is 12.5. The summed E-state index contributed by atoms with van der Waals surface area (Å²) in [5.74, 6) is 1.45. The second-order valence-corrected chi connectivity index (χ2v) is 8.27. The van der Waals surface area contributed by atoms with Gasteiger partial charge in [-0.2, -0.15) is 9.78 Å². The van der Waals surface area contributed by atoms with Crippen molar-refractivity contribution in [3.8, 4) is 11.7 Å². The van der Waals surface area contributed by atoms with Gasteiger partial charge in [0, 0.05) is 29.8 Å². The average Bonchev–Trinajstić information content (AvgIpc) is 3.12. The number of anilines is 1. The van der Waals surface area contributed by atoms with Gasteiger partial charge in [0.05, 0.1) is 12.8 Å². The summed E-state index contributed by atoms with van der Waals surface area (Å²) in [6.07, 6.45) is 0.677. The molecule has 3 aromatic rings. The number of urea groups is 1. The summed E-state index contributed by atoms with van der Waals surface area (Å²) in [6, 6.07) is 10.5. The molecule has 3 N–H and O–H groups in total. The minimum Gasteiger partial charge on any atom is -0.497 e. The number of aromatic amines is 1. The first-order valence-electron chi connectivity index (χ1n) is 10.0. The molecule has 9 heteroatoms. The van der Waals surface area contributed by atoms with Gasteiger partial charge in [-0.3, -0.25) is 15.1 Å². The summed E-state index contributed by atoms with van der Waals surface area (Å²) < 4.78 is 6.59. The molecule has 0 unspecified atom stereocenters. The first kappa shape index (κ1) is 22.1. The molecule has 1 aromatic carbocycles. The third-order valence-electron chi connectivity index (χ3n) is 4.64. The maximum Gasteiger partial charge on any atom is 0.320 e. The lowest BCUT2D eigenvalue weighted by Crippen LogP contribution is -2.31. The second kappa shape index (κ2) is 9.03. The normalized spacial score (nSPS) is 11.3. The number of hydrogen-bond donors (Lipinski definition) is 3. The number of carbonyl (C=O) groups is 1. The summed E-state index contributed by atoms with van der Waals surface area (Å²) in [5, 5.41) is 10.2. The molecule has 9 nitrogen and oxygen atoms in total. The molecule has 164 valence electrons. The van der Waals surface area contributed by atoms with Crippen molar-refractivity contribution in [2.75, 3.05) is 19.0 Å². The van der Waals surface area contributed by atoms with Crippen LogP contribution in [-0.2, 0) is 11.8 Å². The summed E-state index contributed by atoms with van der Waals surface area (Å²) in [5.41, 5.74) is 1.86. The molecule has 0 bridgehead atoms. The Labute approximate surface area is 180 Å². The van der Waals surface area contributed by atoms with Crippen molar-refractivity contribution < 1.29 is 9.53 Å². The highest BCUT2D eigenvalue weighted by atomic mass is 16.5. The van der Waals surface area contributed by atoms with Gasteiger partial charge < -0.3 is 10.1 Å². The number of nitrogens with one attached hydrogen (secondary N) is 3. The Balaban J connectivity index is 1.73. The van der Waals surface area contributed by atoms with E-state index in [1.807, 2.05) is 45.0 Å². The van der Waals surface area contributed by atoms with E-state index in [4.69, 9.17) is 4.74 Å². The monoisotopic (exact) mass is 424 g/mol. The molecule has 2 heterocycles. The van der Waals surface area contributed by atoms with Crippen molar-refractivity contribution in [1.29, 1.82) is 0 Å². The molecular weight excluding hydrogens is 396 g/mol. The van der Waals surface area contributed by atoms with Crippen LogP contribution < -0.4 is 20.9 Å². The molecule has 0 saturated carbocycles. The number of nitrogens with zero attached hydrogens (tertiary/aromatic N) is 3. The highest BCUT2D eigenvalue weighted by Crippen LogP contribution is 2.25. The van der Waals surface area contributed by atoms with Crippen molar-refractivity contribution in [3.05, 3.63) is 63.7 Å². The second-order valence-electron chi connectivity index (χ2n) is 8.27. The summed E-state index contributed by atoms with van der Waals surface area (Å²) in [7, 11) is 1.62. The Hall–Kier alpha value is -3.62. The van der Waals surface area contributed by atoms with Crippen LogP contribution in [0.5, 0.6) is 5.75 Å². The van der Waals surface area contributed by atoms with Crippen molar-refractivity contribution in [2.45, 2.75) is 39.5 Å². The van der Waals surface area contributed by atoms with Crippen molar-refractivity contribution in [3.63, 3.8) is 0 Å². The van der Waals surface area contributed by atoms with Crippen LogP contribution in [0.3, 0.4) is 0 Å². The molecule has 0 spiro atoms. The molecule has 0 aliphatic heterocycles. The van der Waals surface area contributed by atoms with Crippen molar-refractivity contribution in [2.24, 2.45) is 0 Å². The largest absolute Gasteiger partial charge is 0.497 e. The molecule has 2 aromatic heterocycles. The summed E-state index contributed by atoms with van der Waals surface area (Å²) >= 11 is 0. The van der Waals surface area contributed by atoms with Gasteiger partial charge in [-0.15, -0.1) is 0 Å². The Morgan fingerprint density at radius 2 is 1.90 bits per heavy atom. The lowest BCUT2D eigenvalue weighted by Gasteiger charge is -2.13. The van der Waals surface area contributed by atoms with Crippen LogP contribution in [0.25, 0.3) is 5.95 Å². The lowest BCUT2D eigenvalue weighted by molar-refractivity contribution is 0.252. The third kappa shape index (κ3) is 5.71. The number of amides is 2. The smallest absolute Gasteiger partial charge is 0.320 e. The Kier molecular flexibility index (Phi) is 6.43. The Bertz CT molecular complexity index is 1110. The number of hydrogen-bond acceptors (Lipinski definition) is 5. The van der Waals surface area contributed by atoms with Gasteiger partial charge in [-0.25, -0.2) is 9.78 Å². The van der Waals surface area contributed by atoms with Gasteiger partial charge in [-0.1, -0.05) is 32.9 Å². The number of aryl methyl sites for hydroxylation is 1. The molecule has 31 heavy (non-hydrogen) atoms. The van der Waals surface area contributed by atoms with Crippen LogP contribution in [0.2, 0.25) is 0 Å². The molecule has 3 rings (SSSR count). The summed E-state index contributed by atoms with van der Waals surface area (Å²) in [4.78, 5) is 31.4. The van der Waals surface area contributed by atoms with Crippen LogP contribution in [0.4, 0.5) is 10.6 Å². The molecule has 0 saturated heterocycles. The Morgan fingerprint density at radius 1 is 1.19 bits per heavy atom. The van der Waals surface area contributed by atoms with Crippen LogP contribution in [0.15, 0.2) is 41.2 Å². The predicted octanol–water partition coefficient (Wildman–Crippen LogP) is 2.93. The van der Waals surface area contributed by atoms with Gasteiger partial charge in [0.15, 0.2) is 0 Å². The number of H-pyrrole nitrogens is 1. The van der Waals surface area contributed by atoms with E-state index in [1.165, 1.54) is 10.7 Å². The van der Waals surface area contributed by atoms with E-state index < -0.39 is 0 Å². The number of rotatable bonds is 6. The SMILES string of the molecule is COc1ccc(CCNC(=O)Nc2cc(C(C)(C)C)nn2-c2nc(C)cc(=O)[nH]2)cc1. The lowest BCUT2D eigenvalue weighted by atomic mass is 9.92. The number of aromatic nitrogens is 4. The minimum absolute atomic E-state index is 0.244. The minimum atomic E-state index is -0.370. The molecule has 0 fully saturated rings. The van der Waals surface area contributed by atoms with E-state index >= 15 is 0 Å². The van der Waals surface area contributed by atoms with E-state index in [9.17, 15) is 9.59 Å². The van der Waals surface area contributed by atoms with E-state index in [-0.39, 0.29) is 23.0 Å². The van der Waals surface area contributed by atoms with Gasteiger partial charge in [0.2, 0.25) is 5.95 Å². The molecule has 0 aliphatic carbocycles. The highest BCUT2D eigenvalue weighted by molar-refractivity contribution is 5.88. The standard InChI is InChI=1S/C22H28N6O3/c1-14-12-19(29)26-20(24-14)28-18(13-17(27-28)22(2,3)4)25-21(30)23-11-10-15-6-8-16(31-5)9-7-15/h6-9,12-13H,10-11H2,1-5H3,(H2,23,25,30)(H,24,26,29). The zero-order chi connectivity index (χ0) is 22.6. The van der Waals surface area contributed by atoms with E-state index in [1.54, 1.807) is 20.1 Å². The third-order valence-corrected chi connectivity index (χ3v) is 4.64. The molecule has 0 atom stereocenters. The quantitative estimate of drug-likeness (QED) is 0.563. The van der Waals surface area contributed by atoms with E-state index in [0.29, 0.717) is 24.5 Å². The zero-order valence-electron chi connectivity index (χ0n) is 18.4. The summed E-state index contributed by atoms with van der Waals surface area (Å²) in [6.45, 7) is 8.24. The van der Waals surface area contributed by atoms with Gasteiger partial charge in [0.25, 0.3) is 5.56 Å². The predicted molar refractivity (Wildman–Crippen MR) is 119 cm³/mol. The fraction of sp³-hybridized carbons (Fsp3) is 0.364. The van der Waals surface area contributed by atoms with Crippen molar-refractivity contribution >= 4 is 11.8 Å². The Morgan fingerprint density at radius 3 is 2.52 bits per heavy atom. The highest BCUT2D eigenvalue weighted by Gasteiger charge is 2.22. The van der Waals surface area contributed by atoms with E-state index in [0.717, 1.165) is 17.0 Å². The van der Waals surface area contributed by atoms with Gasteiger partial charge in [-0.05, 0) is 31.0 Å². The number of ether oxygens (including phenoxy) is 1. The molecular formula is C22H28N6O3. The fourth-order valence-corrected chi connectivity index (χ4v) is 2.93. The molecule has 0 aliphatic rings. The maximum atomic E-state index is 12.5. The van der Waals surface area contributed by atoms with Crippen molar-refractivity contribution in [1.82, 2.24) is 25.1 Å². The number of carbonyl (C=O) groups excluding carboxylic acids is 1. The fourth-order valence-electron chi connectivity index (χ4n) is 2.93. The number of benzene rings is 1.